The van der Waals surface area contributed by atoms with Crippen LogP contribution in [0.2, 0.25) is 0 Å². The molecular formula is C10H13FN2O. The summed E-state index contributed by atoms with van der Waals surface area (Å²) in [6.07, 6.45) is 0.167. The van der Waals surface area contributed by atoms with E-state index in [2.05, 4.69) is 5.32 Å². The van der Waals surface area contributed by atoms with Crippen molar-refractivity contribution in [3.05, 3.63) is 35.6 Å². The molecule has 0 spiro atoms. The van der Waals surface area contributed by atoms with Crippen molar-refractivity contribution in [1.29, 1.82) is 0 Å². The second-order valence-corrected chi connectivity index (χ2v) is 3.04. The molecule has 0 aliphatic rings. The van der Waals surface area contributed by atoms with Crippen molar-refractivity contribution in [2.45, 2.75) is 12.5 Å². The molecule has 76 valence electrons. The molecule has 0 fully saturated rings. The molecule has 1 aromatic carbocycles. The first-order valence-electron chi connectivity index (χ1n) is 4.35. The summed E-state index contributed by atoms with van der Waals surface area (Å²) in [5, 5.41) is 2.47. The van der Waals surface area contributed by atoms with Gasteiger partial charge in [0.1, 0.15) is 5.82 Å². The number of benzene rings is 1. The number of hydrogen-bond acceptors (Lipinski definition) is 2. The summed E-state index contributed by atoms with van der Waals surface area (Å²) in [5.41, 5.74) is 6.35. The van der Waals surface area contributed by atoms with Crippen molar-refractivity contribution in [2.24, 2.45) is 5.73 Å². The summed E-state index contributed by atoms with van der Waals surface area (Å²) < 4.78 is 12.8. The Kier molecular flexibility index (Phi) is 3.59. The summed E-state index contributed by atoms with van der Waals surface area (Å²) in [4.78, 5) is 11.0. The van der Waals surface area contributed by atoms with Crippen LogP contribution in [0.3, 0.4) is 0 Å². The lowest BCUT2D eigenvalue weighted by molar-refractivity contribution is -0.120. The van der Waals surface area contributed by atoms with E-state index in [1.165, 1.54) is 12.1 Å². The molecular weight excluding hydrogens is 183 g/mol. The number of rotatable bonds is 3. The zero-order valence-electron chi connectivity index (χ0n) is 7.96. The minimum absolute atomic E-state index is 0.151. The Balaban J connectivity index is 2.69. The Morgan fingerprint density at radius 1 is 1.64 bits per heavy atom. The summed E-state index contributed by atoms with van der Waals surface area (Å²) in [5.74, 6) is -0.489. The Bertz CT molecular complexity index is 328. The van der Waals surface area contributed by atoms with E-state index in [4.69, 9.17) is 5.73 Å². The summed E-state index contributed by atoms with van der Waals surface area (Å²) in [6, 6.07) is 5.51. The van der Waals surface area contributed by atoms with Gasteiger partial charge in [-0.2, -0.15) is 0 Å². The molecule has 0 aromatic heterocycles. The van der Waals surface area contributed by atoms with Crippen molar-refractivity contribution in [3.63, 3.8) is 0 Å². The molecule has 0 aliphatic carbocycles. The average molecular weight is 196 g/mol. The first-order valence-corrected chi connectivity index (χ1v) is 4.35. The van der Waals surface area contributed by atoms with Crippen molar-refractivity contribution >= 4 is 5.91 Å². The lowest BCUT2D eigenvalue weighted by Gasteiger charge is -2.10. The monoisotopic (exact) mass is 196 g/mol. The van der Waals surface area contributed by atoms with Crippen LogP contribution in [-0.4, -0.2) is 13.0 Å². The third kappa shape index (κ3) is 2.81. The van der Waals surface area contributed by atoms with Crippen LogP contribution in [0.25, 0.3) is 0 Å². The quantitative estimate of drug-likeness (QED) is 0.756. The largest absolute Gasteiger partial charge is 0.359 e. The SMILES string of the molecule is CNC(=O)CC(N)c1cccc(F)c1. The Morgan fingerprint density at radius 3 is 2.93 bits per heavy atom. The molecule has 0 saturated heterocycles. The van der Waals surface area contributed by atoms with E-state index in [0.29, 0.717) is 5.56 Å². The summed E-state index contributed by atoms with van der Waals surface area (Å²) in [7, 11) is 1.54. The Labute approximate surface area is 82.1 Å². The number of carbonyl (C=O) groups is 1. The molecule has 0 saturated carbocycles. The van der Waals surface area contributed by atoms with Crippen LogP contribution in [0.1, 0.15) is 18.0 Å². The van der Waals surface area contributed by atoms with Gasteiger partial charge < -0.3 is 11.1 Å². The van der Waals surface area contributed by atoms with Gasteiger partial charge >= 0.3 is 0 Å². The van der Waals surface area contributed by atoms with Crippen LogP contribution in [0, 0.1) is 5.82 Å². The molecule has 1 unspecified atom stereocenters. The van der Waals surface area contributed by atoms with E-state index >= 15 is 0 Å². The molecule has 1 amide bonds. The summed E-state index contributed by atoms with van der Waals surface area (Å²) in [6.45, 7) is 0. The Hall–Kier alpha value is -1.42. The van der Waals surface area contributed by atoms with Gasteiger partial charge in [0.05, 0.1) is 0 Å². The zero-order chi connectivity index (χ0) is 10.6. The smallest absolute Gasteiger partial charge is 0.221 e. The standard InChI is InChI=1S/C10H13FN2O/c1-13-10(14)6-9(12)7-3-2-4-8(11)5-7/h2-5,9H,6,12H2,1H3,(H,13,14). The number of nitrogens with one attached hydrogen (secondary N) is 1. The first-order chi connectivity index (χ1) is 6.63. The molecule has 3 nitrogen and oxygen atoms in total. The van der Waals surface area contributed by atoms with E-state index in [-0.39, 0.29) is 18.1 Å². The van der Waals surface area contributed by atoms with E-state index in [1.807, 2.05) is 0 Å². The lowest BCUT2D eigenvalue weighted by atomic mass is 10.0. The molecule has 1 rings (SSSR count). The van der Waals surface area contributed by atoms with Crippen molar-refractivity contribution < 1.29 is 9.18 Å². The highest BCUT2D eigenvalue weighted by Crippen LogP contribution is 2.14. The van der Waals surface area contributed by atoms with Crippen LogP contribution in [0.4, 0.5) is 4.39 Å². The number of nitrogens with two attached hydrogens (primary N) is 1. The molecule has 3 N–H and O–H groups in total. The second-order valence-electron chi connectivity index (χ2n) is 3.04. The summed E-state index contributed by atoms with van der Waals surface area (Å²) >= 11 is 0. The van der Waals surface area contributed by atoms with Gasteiger partial charge in [-0.15, -0.1) is 0 Å². The molecule has 0 heterocycles. The Morgan fingerprint density at radius 2 is 2.36 bits per heavy atom. The van der Waals surface area contributed by atoms with Gasteiger partial charge in [-0.05, 0) is 17.7 Å². The third-order valence-electron chi connectivity index (χ3n) is 1.96. The predicted molar refractivity (Wildman–Crippen MR) is 52.0 cm³/mol. The number of amides is 1. The number of hydrogen-bond donors (Lipinski definition) is 2. The number of halogens is 1. The minimum Gasteiger partial charge on any atom is -0.359 e. The molecule has 0 bridgehead atoms. The molecule has 0 aliphatic heterocycles. The van der Waals surface area contributed by atoms with Gasteiger partial charge in [0, 0.05) is 19.5 Å². The van der Waals surface area contributed by atoms with E-state index in [9.17, 15) is 9.18 Å². The van der Waals surface area contributed by atoms with Gasteiger partial charge in [0.15, 0.2) is 0 Å². The van der Waals surface area contributed by atoms with E-state index < -0.39 is 6.04 Å². The van der Waals surface area contributed by atoms with E-state index in [0.717, 1.165) is 0 Å². The van der Waals surface area contributed by atoms with E-state index in [1.54, 1.807) is 19.2 Å². The molecule has 1 atom stereocenters. The van der Waals surface area contributed by atoms with Gasteiger partial charge in [0.2, 0.25) is 5.91 Å². The minimum atomic E-state index is -0.453. The maximum absolute atomic E-state index is 12.8. The third-order valence-corrected chi connectivity index (χ3v) is 1.96. The van der Waals surface area contributed by atoms with Crippen LogP contribution < -0.4 is 11.1 Å². The van der Waals surface area contributed by atoms with Crippen LogP contribution in [-0.2, 0) is 4.79 Å². The van der Waals surface area contributed by atoms with Crippen LogP contribution >= 0.6 is 0 Å². The van der Waals surface area contributed by atoms with Gasteiger partial charge in [-0.1, -0.05) is 12.1 Å². The number of carbonyl (C=O) groups excluding carboxylic acids is 1. The lowest BCUT2D eigenvalue weighted by Crippen LogP contribution is -2.24. The van der Waals surface area contributed by atoms with Crippen molar-refractivity contribution in [2.75, 3.05) is 7.05 Å². The first kappa shape index (κ1) is 10.7. The topological polar surface area (TPSA) is 55.1 Å². The van der Waals surface area contributed by atoms with Crippen LogP contribution in [0.15, 0.2) is 24.3 Å². The molecule has 1 aromatic rings. The highest BCUT2D eigenvalue weighted by molar-refractivity contribution is 5.76. The molecule has 0 radical (unpaired) electrons. The van der Waals surface area contributed by atoms with Gasteiger partial charge in [0.25, 0.3) is 0 Å². The van der Waals surface area contributed by atoms with Gasteiger partial charge in [-0.3, -0.25) is 4.79 Å². The molecule has 4 heteroatoms. The highest BCUT2D eigenvalue weighted by atomic mass is 19.1. The fourth-order valence-electron chi connectivity index (χ4n) is 1.16. The zero-order valence-corrected chi connectivity index (χ0v) is 7.96. The predicted octanol–water partition coefficient (Wildman–Crippen LogP) is 0.962. The normalized spacial score (nSPS) is 12.2. The fraction of sp³-hybridized carbons (Fsp3) is 0.300. The van der Waals surface area contributed by atoms with Crippen molar-refractivity contribution in [3.8, 4) is 0 Å². The maximum atomic E-state index is 12.8. The average Bonchev–Trinajstić information content (AvgIpc) is 2.17. The van der Waals surface area contributed by atoms with Crippen molar-refractivity contribution in [1.82, 2.24) is 5.32 Å². The highest BCUT2D eigenvalue weighted by Gasteiger charge is 2.10. The maximum Gasteiger partial charge on any atom is 0.221 e. The van der Waals surface area contributed by atoms with Gasteiger partial charge in [-0.25, -0.2) is 4.39 Å². The fourth-order valence-corrected chi connectivity index (χ4v) is 1.16. The molecule has 14 heavy (non-hydrogen) atoms. The van der Waals surface area contributed by atoms with Crippen LogP contribution in [0.5, 0.6) is 0 Å². The second kappa shape index (κ2) is 4.72.